The van der Waals surface area contributed by atoms with Gasteiger partial charge in [-0.2, -0.15) is 0 Å². The van der Waals surface area contributed by atoms with Crippen LogP contribution in [0.15, 0.2) is 0 Å². The highest BCUT2D eigenvalue weighted by atomic mass is 16.3. The Balaban J connectivity index is 1.86. The van der Waals surface area contributed by atoms with Crippen LogP contribution in [0.4, 0.5) is 0 Å². The fourth-order valence-corrected chi connectivity index (χ4v) is 3.24. The van der Waals surface area contributed by atoms with Gasteiger partial charge in [0.1, 0.15) is 0 Å². The molecule has 0 amide bonds. The Morgan fingerprint density at radius 1 is 1.15 bits per heavy atom. The van der Waals surface area contributed by atoms with Crippen LogP contribution in [0, 0.1) is 11.8 Å². The van der Waals surface area contributed by atoms with E-state index in [9.17, 15) is 5.11 Å². The number of aliphatic hydroxyl groups is 1. The maximum Gasteiger partial charge on any atom is 0.0647 e. The molecule has 0 bridgehead atoms. The maximum atomic E-state index is 10.1. The van der Waals surface area contributed by atoms with E-state index >= 15 is 0 Å². The van der Waals surface area contributed by atoms with Crippen LogP contribution in [0.1, 0.15) is 58.3 Å². The molecular weight excluding hydrogens is 160 g/mol. The Kier molecular flexibility index (Phi) is 2.64. The Hall–Kier alpha value is -0.0400. The van der Waals surface area contributed by atoms with Crippen molar-refractivity contribution in [2.75, 3.05) is 0 Å². The van der Waals surface area contributed by atoms with Crippen LogP contribution in [0.5, 0.6) is 0 Å². The predicted molar refractivity (Wildman–Crippen MR) is 54.5 cm³/mol. The molecule has 0 aromatic heterocycles. The van der Waals surface area contributed by atoms with E-state index in [1.807, 2.05) is 6.92 Å². The van der Waals surface area contributed by atoms with Crippen LogP contribution in [0.2, 0.25) is 0 Å². The summed E-state index contributed by atoms with van der Waals surface area (Å²) < 4.78 is 0. The Bertz CT molecular complexity index is 168. The van der Waals surface area contributed by atoms with Gasteiger partial charge in [-0.05, 0) is 38.0 Å². The quantitative estimate of drug-likeness (QED) is 0.695. The minimum Gasteiger partial charge on any atom is -0.390 e. The largest absolute Gasteiger partial charge is 0.390 e. The normalized spacial score (nSPS) is 41.5. The van der Waals surface area contributed by atoms with Gasteiger partial charge in [-0.1, -0.05) is 32.1 Å². The van der Waals surface area contributed by atoms with Crippen LogP contribution in [0.25, 0.3) is 0 Å². The van der Waals surface area contributed by atoms with Crippen molar-refractivity contribution in [3.05, 3.63) is 0 Å². The molecule has 2 saturated carbocycles. The molecule has 0 aromatic carbocycles. The van der Waals surface area contributed by atoms with Gasteiger partial charge in [0.25, 0.3) is 0 Å². The van der Waals surface area contributed by atoms with Crippen molar-refractivity contribution >= 4 is 0 Å². The van der Waals surface area contributed by atoms with Crippen molar-refractivity contribution in [1.29, 1.82) is 0 Å². The van der Waals surface area contributed by atoms with Gasteiger partial charge < -0.3 is 5.11 Å². The predicted octanol–water partition coefficient (Wildman–Crippen LogP) is 3.12. The zero-order valence-corrected chi connectivity index (χ0v) is 8.76. The zero-order valence-electron chi connectivity index (χ0n) is 8.76. The van der Waals surface area contributed by atoms with Crippen LogP contribution < -0.4 is 0 Å². The average molecular weight is 182 g/mol. The van der Waals surface area contributed by atoms with E-state index in [4.69, 9.17) is 0 Å². The Labute approximate surface area is 81.5 Å². The molecule has 2 fully saturated rings. The molecule has 76 valence electrons. The lowest BCUT2D eigenvalue weighted by molar-refractivity contribution is 0.0118. The Morgan fingerprint density at radius 2 is 1.85 bits per heavy atom. The van der Waals surface area contributed by atoms with Gasteiger partial charge in [-0.15, -0.1) is 0 Å². The van der Waals surface area contributed by atoms with Crippen molar-refractivity contribution in [1.82, 2.24) is 0 Å². The molecule has 0 saturated heterocycles. The van der Waals surface area contributed by atoms with Crippen molar-refractivity contribution in [3.63, 3.8) is 0 Å². The van der Waals surface area contributed by atoms with E-state index < -0.39 is 0 Å². The Morgan fingerprint density at radius 3 is 2.38 bits per heavy atom. The number of hydrogen-bond donors (Lipinski definition) is 1. The first-order valence-corrected chi connectivity index (χ1v) is 5.91. The smallest absolute Gasteiger partial charge is 0.0647 e. The fraction of sp³-hybridized carbons (Fsp3) is 1.00. The van der Waals surface area contributed by atoms with E-state index in [0.29, 0.717) is 5.92 Å². The van der Waals surface area contributed by atoms with Crippen molar-refractivity contribution < 1.29 is 5.11 Å². The zero-order chi connectivity index (χ0) is 9.31. The summed E-state index contributed by atoms with van der Waals surface area (Å²) in [5, 5.41) is 10.1. The standard InChI is InChI=1S/C12H22O/c1-12(13)8-4-7-11(12)9-10-5-2-3-6-10/h10-11,13H,2-9H2,1H3. The van der Waals surface area contributed by atoms with Crippen LogP contribution in [0.3, 0.4) is 0 Å². The first-order valence-electron chi connectivity index (χ1n) is 5.91. The average Bonchev–Trinajstić information content (AvgIpc) is 2.63. The van der Waals surface area contributed by atoms with Crippen LogP contribution in [-0.4, -0.2) is 10.7 Å². The second-order valence-electron chi connectivity index (χ2n) is 5.33. The second-order valence-corrected chi connectivity index (χ2v) is 5.33. The molecule has 2 aliphatic carbocycles. The highest BCUT2D eigenvalue weighted by Gasteiger charge is 2.37. The van der Waals surface area contributed by atoms with Crippen LogP contribution >= 0.6 is 0 Å². The summed E-state index contributed by atoms with van der Waals surface area (Å²) in [5.41, 5.74) is -0.331. The molecule has 0 aliphatic heterocycles. The van der Waals surface area contributed by atoms with Crippen molar-refractivity contribution in [3.8, 4) is 0 Å². The van der Waals surface area contributed by atoms with Gasteiger partial charge in [0, 0.05) is 0 Å². The van der Waals surface area contributed by atoms with Crippen LogP contribution in [-0.2, 0) is 0 Å². The monoisotopic (exact) mass is 182 g/mol. The van der Waals surface area contributed by atoms with Gasteiger partial charge in [-0.3, -0.25) is 0 Å². The molecule has 1 N–H and O–H groups in total. The summed E-state index contributed by atoms with van der Waals surface area (Å²) in [6.45, 7) is 2.04. The molecule has 0 radical (unpaired) electrons. The highest BCUT2D eigenvalue weighted by Crippen LogP contribution is 2.42. The number of hydrogen-bond acceptors (Lipinski definition) is 1. The molecule has 2 atom stereocenters. The summed E-state index contributed by atoms with van der Waals surface area (Å²) in [6, 6.07) is 0. The maximum absolute atomic E-state index is 10.1. The van der Waals surface area contributed by atoms with E-state index in [1.54, 1.807) is 0 Å². The summed E-state index contributed by atoms with van der Waals surface area (Å²) in [6.07, 6.45) is 10.5. The third-order valence-corrected chi connectivity index (χ3v) is 4.21. The first-order chi connectivity index (χ1) is 6.18. The van der Waals surface area contributed by atoms with Gasteiger partial charge in [-0.25, -0.2) is 0 Å². The minimum absolute atomic E-state index is 0.331. The molecule has 2 aliphatic rings. The molecule has 0 aromatic rings. The molecule has 0 heterocycles. The molecule has 1 heteroatoms. The van der Waals surface area contributed by atoms with E-state index in [-0.39, 0.29) is 5.60 Å². The van der Waals surface area contributed by atoms with E-state index in [1.165, 1.54) is 44.9 Å². The van der Waals surface area contributed by atoms with Gasteiger partial charge in [0.05, 0.1) is 5.60 Å². The van der Waals surface area contributed by atoms with Gasteiger partial charge in [0.2, 0.25) is 0 Å². The summed E-state index contributed by atoms with van der Waals surface area (Å²) in [4.78, 5) is 0. The number of rotatable bonds is 2. The lowest BCUT2D eigenvalue weighted by atomic mass is 9.84. The SMILES string of the molecule is CC1(O)CCCC1CC1CCCC1. The lowest BCUT2D eigenvalue weighted by Crippen LogP contribution is -2.30. The minimum atomic E-state index is -0.331. The van der Waals surface area contributed by atoms with Crippen molar-refractivity contribution in [2.24, 2.45) is 11.8 Å². The molecular formula is C12H22O. The molecule has 2 rings (SSSR count). The third-order valence-electron chi connectivity index (χ3n) is 4.21. The second kappa shape index (κ2) is 3.61. The van der Waals surface area contributed by atoms with E-state index in [2.05, 4.69) is 0 Å². The van der Waals surface area contributed by atoms with Crippen molar-refractivity contribution in [2.45, 2.75) is 63.9 Å². The molecule has 13 heavy (non-hydrogen) atoms. The van der Waals surface area contributed by atoms with E-state index in [0.717, 1.165) is 12.3 Å². The summed E-state index contributed by atoms with van der Waals surface area (Å²) >= 11 is 0. The highest BCUT2D eigenvalue weighted by molar-refractivity contribution is 4.90. The first kappa shape index (κ1) is 9.51. The van der Waals surface area contributed by atoms with Gasteiger partial charge in [0.15, 0.2) is 0 Å². The topological polar surface area (TPSA) is 20.2 Å². The summed E-state index contributed by atoms with van der Waals surface area (Å²) in [7, 11) is 0. The molecule has 2 unspecified atom stereocenters. The lowest BCUT2D eigenvalue weighted by Gasteiger charge is -2.27. The molecule has 0 spiro atoms. The third kappa shape index (κ3) is 2.07. The summed E-state index contributed by atoms with van der Waals surface area (Å²) in [5.74, 6) is 1.55. The van der Waals surface area contributed by atoms with Gasteiger partial charge >= 0.3 is 0 Å². The fourth-order valence-electron chi connectivity index (χ4n) is 3.24. The molecule has 1 nitrogen and oxygen atoms in total.